The molecule has 0 aliphatic rings. The summed E-state index contributed by atoms with van der Waals surface area (Å²) in [5, 5.41) is 17.6. The van der Waals surface area contributed by atoms with Crippen molar-refractivity contribution in [2.75, 3.05) is 0 Å². The number of benzene rings is 1. The molecule has 4 heteroatoms. The van der Waals surface area contributed by atoms with Crippen molar-refractivity contribution < 1.29 is 19.4 Å². The zero-order chi connectivity index (χ0) is 11.5. The summed E-state index contributed by atoms with van der Waals surface area (Å²) in [6, 6.07) is 9.78. The van der Waals surface area contributed by atoms with Crippen LogP contribution >= 0.6 is 0 Å². The Hall–Kier alpha value is -2.07. The van der Waals surface area contributed by atoms with E-state index in [0.717, 1.165) is 5.56 Å². The van der Waals surface area contributed by atoms with Crippen molar-refractivity contribution in [1.82, 2.24) is 0 Å². The lowest BCUT2D eigenvalue weighted by Gasteiger charge is -1.98. The second-order valence-electron chi connectivity index (χ2n) is 3.31. The van der Waals surface area contributed by atoms with Gasteiger partial charge in [0.2, 0.25) is 0 Å². The summed E-state index contributed by atoms with van der Waals surface area (Å²) in [5.74, 6) is 0.139. The van der Waals surface area contributed by atoms with E-state index >= 15 is 0 Å². The van der Waals surface area contributed by atoms with Gasteiger partial charge in [-0.3, -0.25) is 0 Å². The van der Waals surface area contributed by atoms with Crippen molar-refractivity contribution in [1.29, 1.82) is 0 Å². The van der Waals surface area contributed by atoms with Gasteiger partial charge in [-0.15, -0.1) is 0 Å². The van der Waals surface area contributed by atoms with E-state index in [1.54, 1.807) is 24.3 Å². The van der Waals surface area contributed by atoms with Crippen LogP contribution in [0.1, 0.15) is 16.1 Å². The van der Waals surface area contributed by atoms with Gasteiger partial charge in [0.25, 0.3) is 0 Å². The second-order valence-corrected chi connectivity index (χ2v) is 3.31. The fraction of sp³-hybridized carbons (Fsp3) is 0.0833. The molecule has 4 nitrogen and oxygen atoms in total. The number of aliphatic hydroxyl groups excluding tert-OH is 1. The van der Waals surface area contributed by atoms with Crippen LogP contribution in [0.25, 0.3) is 11.3 Å². The normalized spacial score (nSPS) is 10.3. The number of hydrogen-bond donors (Lipinski definition) is 2. The molecule has 1 aromatic carbocycles. The molecular weight excluding hydrogens is 208 g/mol. The third kappa shape index (κ3) is 1.97. The number of carboxylic acid groups (broad SMARTS) is 1. The van der Waals surface area contributed by atoms with Crippen LogP contribution in [0.5, 0.6) is 0 Å². The highest BCUT2D eigenvalue weighted by Crippen LogP contribution is 2.22. The first-order valence-corrected chi connectivity index (χ1v) is 4.74. The van der Waals surface area contributed by atoms with Crippen molar-refractivity contribution in [2.24, 2.45) is 0 Å². The molecule has 1 heterocycles. The maximum Gasteiger partial charge on any atom is 0.335 e. The highest BCUT2D eigenvalue weighted by molar-refractivity contribution is 5.88. The van der Waals surface area contributed by atoms with E-state index in [4.69, 9.17) is 14.6 Å². The molecule has 0 aliphatic heterocycles. The van der Waals surface area contributed by atoms with Gasteiger partial charge in [0.05, 0.1) is 5.56 Å². The standard InChI is InChI=1S/C12H10O4/c13-7-10-5-6-11(16-10)8-1-3-9(4-2-8)12(14)15/h1-6,13H,7H2,(H,14,15). The van der Waals surface area contributed by atoms with Crippen LogP contribution < -0.4 is 0 Å². The fourth-order valence-corrected chi connectivity index (χ4v) is 1.40. The number of hydrogen-bond acceptors (Lipinski definition) is 3. The molecule has 16 heavy (non-hydrogen) atoms. The molecule has 0 saturated carbocycles. The van der Waals surface area contributed by atoms with Crippen LogP contribution in [-0.2, 0) is 6.61 Å². The van der Waals surface area contributed by atoms with Crippen LogP contribution in [0.3, 0.4) is 0 Å². The summed E-state index contributed by atoms with van der Waals surface area (Å²) in [7, 11) is 0. The SMILES string of the molecule is O=C(O)c1ccc(-c2ccc(CO)o2)cc1. The Kier molecular flexibility index (Phi) is 2.74. The summed E-state index contributed by atoms with van der Waals surface area (Å²) in [6.45, 7) is -0.146. The highest BCUT2D eigenvalue weighted by Gasteiger charge is 2.06. The molecule has 0 amide bonds. The molecule has 2 aromatic rings. The van der Waals surface area contributed by atoms with E-state index in [2.05, 4.69) is 0 Å². The van der Waals surface area contributed by atoms with Crippen LogP contribution in [0.2, 0.25) is 0 Å². The Balaban J connectivity index is 2.30. The molecule has 0 aliphatic carbocycles. The molecular formula is C12H10O4. The third-order valence-electron chi connectivity index (χ3n) is 2.23. The van der Waals surface area contributed by atoms with Gasteiger partial charge >= 0.3 is 5.97 Å². The number of rotatable bonds is 3. The first-order chi connectivity index (χ1) is 7.70. The average molecular weight is 218 g/mol. The zero-order valence-electron chi connectivity index (χ0n) is 8.38. The minimum absolute atomic E-state index is 0.146. The summed E-state index contributed by atoms with van der Waals surface area (Å²) >= 11 is 0. The van der Waals surface area contributed by atoms with E-state index in [0.29, 0.717) is 11.5 Å². The average Bonchev–Trinajstić information content (AvgIpc) is 2.77. The molecule has 0 atom stereocenters. The monoisotopic (exact) mass is 218 g/mol. The minimum atomic E-state index is -0.956. The van der Waals surface area contributed by atoms with Crippen LogP contribution in [0, 0.1) is 0 Å². The van der Waals surface area contributed by atoms with E-state index in [1.165, 1.54) is 12.1 Å². The van der Waals surface area contributed by atoms with E-state index in [9.17, 15) is 4.79 Å². The van der Waals surface area contributed by atoms with Gasteiger partial charge in [0.1, 0.15) is 18.1 Å². The van der Waals surface area contributed by atoms with Gasteiger partial charge in [-0.1, -0.05) is 12.1 Å². The molecule has 2 N–H and O–H groups in total. The van der Waals surface area contributed by atoms with Crippen molar-refractivity contribution >= 4 is 5.97 Å². The van der Waals surface area contributed by atoms with Crippen molar-refractivity contribution in [3.63, 3.8) is 0 Å². The minimum Gasteiger partial charge on any atom is -0.478 e. The van der Waals surface area contributed by atoms with Gasteiger partial charge in [0.15, 0.2) is 0 Å². The van der Waals surface area contributed by atoms with Crippen molar-refractivity contribution in [3.8, 4) is 11.3 Å². The lowest BCUT2D eigenvalue weighted by molar-refractivity contribution is 0.0697. The van der Waals surface area contributed by atoms with Gasteiger partial charge in [0, 0.05) is 5.56 Å². The molecule has 0 unspecified atom stereocenters. The topological polar surface area (TPSA) is 70.7 Å². The van der Waals surface area contributed by atoms with E-state index < -0.39 is 5.97 Å². The van der Waals surface area contributed by atoms with Gasteiger partial charge < -0.3 is 14.6 Å². The Morgan fingerprint density at radius 3 is 2.31 bits per heavy atom. The van der Waals surface area contributed by atoms with Crippen LogP contribution in [0.4, 0.5) is 0 Å². The molecule has 0 radical (unpaired) electrons. The van der Waals surface area contributed by atoms with Crippen molar-refractivity contribution in [3.05, 3.63) is 47.7 Å². The van der Waals surface area contributed by atoms with Crippen molar-refractivity contribution in [2.45, 2.75) is 6.61 Å². The lowest BCUT2D eigenvalue weighted by Crippen LogP contribution is -1.94. The van der Waals surface area contributed by atoms with Gasteiger partial charge in [-0.2, -0.15) is 0 Å². The predicted molar refractivity (Wildman–Crippen MR) is 57.0 cm³/mol. The smallest absolute Gasteiger partial charge is 0.335 e. The summed E-state index contributed by atoms with van der Waals surface area (Å²) in [6.07, 6.45) is 0. The Bertz CT molecular complexity index is 496. The fourth-order valence-electron chi connectivity index (χ4n) is 1.40. The number of aromatic carboxylic acids is 1. The van der Waals surface area contributed by atoms with Gasteiger partial charge in [-0.25, -0.2) is 4.79 Å². The Morgan fingerprint density at radius 2 is 1.81 bits per heavy atom. The highest BCUT2D eigenvalue weighted by atomic mass is 16.4. The molecule has 0 saturated heterocycles. The number of carboxylic acids is 1. The predicted octanol–water partition coefficient (Wildman–Crippen LogP) is 2.14. The molecule has 82 valence electrons. The first-order valence-electron chi connectivity index (χ1n) is 4.74. The molecule has 0 spiro atoms. The van der Waals surface area contributed by atoms with Crippen LogP contribution in [0.15, 0.2) is 40.8 Å². The summed E-state index contributed by atoms with van der Waals surface area (Å²) in [5.41, 5.74) is 1.02. The molecule has 2 rings (SSSR count). The summed E-state index contributed by atoms with van der Waals surface area (Å²) < 4.78 is 5.32. The number of carbonyl (C=O) groups is 1. The Labute approximate surface area is 91.8 Å². The maximum atomic E-state index is 10.6. The van der Waals surface area contributed by atoms with E-state index in [-0.39, 0.29) is 12.2 Å². The molecule has 0 bridgehead atoms. The first kappa shape index (κ1) is 10.4. The third-order valence-corrected chi connectivity index (χ3v) is 2.23. The number of aliphatic hydroxyl groups is 1. The van der Waals surface area contributed by atoms with Gasteiger partial charge in [-0.05, 0) is 24.3 Å². The number of furan rings is 1. The molecule has 0 fully saturated rings. The zero-order valence-corrected chi connectivity index (χ0v) is 8.38. The Morgan fingerprint density at radius 1 is 1.12 bits per heavy atom. The molecule has 1 aromatic heterocycles. The van der Waals surface area contributed by atoms with E-state index in [1.807, 2.05) is 0 Å². The largest absolute Gasteiger partial charge is 0.478 e. The quantitative estimate of drug-likeness (QED) is 0.827. The maximum absolute atomic E-state index is 10.6. The summed E-state index contributed by atoms with van der Waals surface area (Å²) in [4.78, 5) is 10.6. The second kappa shape index (κ2) is 4.20. The van der Waals surface area contributed by atoms with Crippen LogP contribution in [-0.4, -0.2) is 16.2 Å². The lowest BCUT2D eigenvalue weighted by atomic mass is 10.1.